The van der Waals surface area contributed by atoms with E-state index in [1.807, 2.05) is 60.7 Å². The molecule has 4 aromatic carbocycles. The Morgan fingerprint density at radius 3 is 1.29 bits per heavy atom. The van der Waals surface area contributed by atoms with Gasteiger partial charge < -0.3 is 20.4 Å². The van der Waals surface area contributed by atoms with Crippen molar-refractivity contribution >= 4 is 35.0 Å². The van der Waals surface area contributed by atoms with Crippen LogP contribution in [0, 0.1) is 0 Å². The molecular formula is C34H34N4O4. The molecule has 0 heterocycles. The Kier molecular flexibility index (Phi) is 10.2. The zero-order valence-electron chi connectivity index (χ0n) is 23.7. The van der Waals surface area contributed by atoms with E-state index in [9.17, 15) is 19.2 Å². The molecule has 0 aliphatic heterocycles. The van der Waals surface area contributed by atoms with Crippen LogP contribution in [0.1, 0.15) is 44.7 Å². The third-order valence-corrected chi connectivity index (χ3v) is 6.58. The highest BCUT2D eigenvalue weighted by atomic mass is 16.2. The van der Waals surface area contributed by atoms with E-state index in [1.165, 1.54) is 0 Å². The average Bonchev–Trinajstić information content (AvgIpc) is 3.00. The molecule has 8 nitrogen and oxygen atoms in total. The predicted molar refractivity (Wildman–Crippen MR) is 164 cm³/mol. The van der Waals surface area contributed by atoms with Gasteiger partial charge in [0.25, 0.3) is 11.8 Å². The van der Waals surface area contributed by atoms with Gasteiger partial charge in [-0.1, -0.05) is 72.8 Å². The molecule has 0 radical (unpaired) electrons. The van der Waals surface area contributed by atoms with Crippen molar-refractivity contribution in [2.24, 2.45) is 0 Å². The topological polar surface area (TPSA) is 98.8 Å². The minimum atomic E-state index is -0.348. The molecule has 0 saturated heterocycles. The summed E-state index contributed by atoms with van der Waals surface area (Å²) < 4.78 is 0. The normalized spacial score (nSPS) is 10.4. The van der Waals surface area contributed by atoms with E-state index in [0.717, 1.165) is 11.1 Å². The number of anilines is 2. The van der Waals surface area contributed by atoms with E-state index in [-0.39, 0.29) is 36.5 Å². The summed E-state index contributed by atoms with van der Waals surface area (Å²) in [6, 6.07) is 32.8. The van der Waals surface area contributed by atoms with Gasteiger partial charge in [0.1, 0.15) is 0 Å². The van der Waals surface area contributed by atoms with Gasteiger partial charge in [-0.2, -0.15) is 0 Å². The van der Waals surface area contributed by atoms with Crippen molar-refractivity contribution in [1.29, 1.82) is 0 Å². The number of nitrogens with one attached hydrogen (secondary N) is 2. The van der Waals surface area contributed by atoms with Crippen LogP contribution in [0.5, 0.6) is 0 Å². The molecule has 0 aliphatic carbocycles. The molecule has 0 spiro atoms. The van der Waals surface area contributed by atoms with Crippen LogP contribution >= 0.6 is 0 Å². The van der Waals surface area contributed by atoms with Gasteiger partial charge in [0.05, 0.1) is 0 Å². The zero-order valence-corrected chi connectivity index (χ0v) is 23.7. The van der Waals surface area contributed by atoms with E-state index in [0.29, 0.717) is 35.6 Å². The summed E-state index contributed by atoms with van der Waals surface area (Å²) in [5.41, 5.74) is 3.89. The van der Waals surface area contributed by atoms with E-state index < -0.39 is 0 Å². The first-order chi connectivity index (χ1) is 20.3. The number of carbonyl (C=O) groups is 4. The lowest BCUT2D eigenvalue weighted by molar-refractivity contribution is -0.121. The van der Waals surface area contributed by atoms with Gasteiger partial charge in [-0.25, -0.2) is 0 Å². The van der Waals surface area contributed by atoms with Crippen LogP contribution in [0.3, 0.4) is 0 Å². The highest BCUT2D eigenvalue weighted by Gasteiger charge is 2.15. The minimum absolute atomic E-state index is 0.0453. The van der Waals surface area contributed by atoms with Crippen molar-refractivity contribution in [3.8, 4) is 0 Å². The highest BCUT2D eigenvalue weighted by Crippen LogP contribution is 2.16. The first kappa shape index (κ1) is 29.7. The molecule has 0 unspecified atom stereocenters. The molecule has 0 aromatic heterocycles. The molecule has 0 bridgehead atoms. The largest absolute Gasteiger partial charge is 0.337 e. The predicted octanol–water partition coefficient (Wildman–Crippen LogP) is 5.59. The van der Waals surface area contributed by atoms with Gasteiger partial charge in [-0.15, -0.1) is 0 Å². The third kappa shape index (κ3) is 8.63. The Balaban J connectivity index is 1.26. The van der Waals surface area contributed by atoms with E-state index >= 15 is 0 Å². The summed E-state index contributed by atoms with van der Waals surface area (Å²) in [5, 5.41) is 5.52. The summed E-state index contributed by atoms with van der Waals surface area (Å²) in [6.45, 7) is 0.930. The Bertz CT molecular complexity index is 1420. The SMILES string of the molecule is CN(Cc1ccccc1)C(=O)c1cccc(NC(=O)CCC(=O)Nc2cccc(C(=O)N(C)Cc3ccccc3)c2)c1. The van der Waals surface area contributed by atoms with E-state index in [4.69, 9.17) is 0 Å². The van der Waals surface area contributed by atoms with Crippen LogP contribution in [0.15, 0.2) is 109 Å². The number of carbonyl (C=O) groups excluding carboxylic acids is 4. The van der Waals surface area contributed by atoms with Crippen LogP contribution in [0.25, 0.3) is 0 Å². The minimum Gasteiger partial charge on any atom is -0.337 e. The maximum absolute atomic E-state index is 12.9. The summed E-state index contributed by atoms with van der Waals surface area (Å²) in [7, 11) is 3.46. The van der Waals surface area contributed by atoms with Crippen molar-refractivity contribution in [3.05, 3.63) is 131 Å². The first-order valence-corrected chi connectivity index (χ1v) is 13.7. The van der Waals surface area contributed by atoms with Gasteiger partial charge >= 0.3 is 0 Å². The number of nitrogens with zero attached hydrogens (tertiary/aromatic N) is 2. The standard InChI is InChI=1S/C34H34N4O4/c1-37(23-25-11-5-3-6-12-25)33(41)27-15-9-17-29(21-27)35-31(39)19-20-32(40)36-30-18-10-16-28(22-30)34(42)38(2)24-26-13-7-4-8-14-26/h3-18,21-22H,19-20,23-24H2,1-2H3,(H,35,39)(H,36,40). The van der Waals surface area contributed by atoms with Crippen LogP contribution in [-0.4, -0.2) is 47.5 Å². The lowest BCUT2D eigenvalue weighted by Crippen LogP contribution is -2.26. The van der Waals surface area contributed by atoms with Gasteiger partial charge in [-0.3, -0.25) is 19.2 Å². The quantitative estimate of drug-likeness (QED) is 0.249. The smallest absolute Gasteiger partial charge is 0.253 e. The molecular weight excluding hydrogens is 528 g/mol. The molecule has 4 aromatic rings. The Hall–Kier alpha value is -5.24. The molecule has 4 amide bonds. The van der Waals surface area contributed by atoms with Gasteiger partial charge in [0.2, 0.25) is 11.8 Å². The van der Waals surface area contributed by atoms with Crippen molar-refractivity contribution < 1.29 is 19.2 Å². The number of amides is 4. The van der Waals surface area contributed by atoms with Crippen LogP contribution in [-0.2, 0) is 22.7 Å². The van der Waals surface area contributed by atoms with E-state index in [1.54, 1.807) is 72.4 Å². The van der Waals surface area contributed by atoms with Gasteiger partial charge in [-0.05, 0) is 47.5 Å². The van der Waals surface area contributed by atoms with Crippen molar-refractivity contribution in [1.82, 2.24) is 9.80 Å². The fourth-order valence-corrected chi connectivity index (χ4v) is 4.43. The lowest BCUT2D eigenvalue weighted by atomic mass is 10.1. The van der Waals surface area contributed by atoms with Crippen molar-refractivity contribution in [3.63, 3.8) is 0 Å². The Labute approximate surface area is 246 Å². The Morgan fingerprint density at radius 1 is 0.524 bits per heavy atom. The molecule has 0 atom stereocenters. The zero-order chi connectivity index (χ0) is 29.9. The number of rotatable bonds is 11. The second kappa shape index (κ2) is 14.4. The maximum Gasteiger partial charge on any atom is 0.253 e. The monoisotopic (exact) mass is 562 g/mol. The summed E-state index contributed by atoms with van der Waals surface area (Å²) in [6.07, 6.45) is -0.0906. The molecule has 8 heteroatoms. The van der Waals surface area contributed by atoms with Crippen molar-refractivity contribution in [2.75, 3.05) is 24.7 Å². The molecule has 214 valence electrons. The molecule has 0 fully saturated rings. The lowest BCUT2D eigenvalue weighted by Gasteiger charge is -2.18. The van der Waals surface area contributed by atoms with Crippen LogP contribution < -0.4 is 10.6 Å². The number of hydrogen-bond acceptors (Lipinski definition) is 4. The first-order valence-electron chi connectivity index (χ1n) is 13.7. The van der Waals surface area contributed by atoms with Gasteiger partial charge in [0.15, 0.2) is 0 Å². The highest BCUT2D eigenvalue weighted by molar-refractivity contribution is 6.00. The second-order valence-corrected chi connectivity index (χ2v) is 10.1. The van der Waals surface area contributed by atoms with Crippen LogP contribution in [0.4, 0.5) is 11.4 Å². The van der Waals surface area contributed by atoms with Crippen molar-refractivity contribution in [2.45, 2.75) is 25.9 Å². The maximum atomic E-state index is 12.9. The summed E-state index contributed by atoms with van der Waals surface area (Å²) in [5.74, 6) is -1.03. The number of hydrogen-bond donors (Lipinski definition) is 2. The fraction of sp³-hybridized carbons (Fsp3) is 0.176. The number of benzene rings is 4. The summed E-state index contributed by atoms with van der Waals surface area (Å²) in [4.78, 5) is 54.1. The Morgan fingerprint density at radius 2 is 0.905 bits per heavy atom. The molecule has 4 rings (SSSR count). The fourth-order valence-electron chi connectivity index (χ4n) is 4.43. The third-order valence-electron chi connectivity index (χ3n) is 6.58. The molecule has 42 heavy (non-hydrogen) atoms. The van der Waals surface area contributed by atoms with Crippen LogP contribution in [0.2, 0.25) is 0 Å². The molecule has 0 aliphatic rings. The average molecular weight is 563 g/mol. The summed E-state index contributed by atoms with van der Waals surface area (Å²) >= 11 is 0. The molecule has 0 saturated carbocycles. The molecule has 2 N–H and O–H groups in total. The van der Waals surface area contributed by atoms with E-state index in [2.05, 4.69) is 10.6 Å². The van der Waals surface area contributed by atoms with Gasteiger partial charge in [0, 0.05) is 62.5 Å². The second-order valence-electron chi connectivity index (χ2n) is 10.1.